The van der Waals surface area contributed by atoms with Gasteiger partial charge in [0.25, 0.3) is 0 Å². The van der Waals surface area contributed by atoms with Crippen LogP contribution in [0.1, 0.15) is 12.8 Å². The minimum Gasteiger partial charge on any atom is -0.481 e. The summed E-state index contributed by atoms with van der Waals surface area (Å²) in [4.78, 5) is 12.2. The third kappa shape index (κ3) is 4.91. The number of rotatable bonds is 4. The number of aliphatic hydroxyl groups is 1. The minimum atomic E-state index is -2.95. The molecule has 1 unspecified atom stereocenters. The number of hydrogen-bond donors (Lipinski definition) is 2. The Hall–Kier alpha value is -0.660. The van der Waals surface area contributed by atoms with Gasteiger partial charge in [0, 0.05) is 13.1 Å². The van der Waals surface area contributed by atoms with E-state index in [1.165, 1.54) is 0 Å². The minimum absolute atomic E-state index is 0.0901. The van der Waals surface area contributed by atoms with E-state index in [2.05, 4.69) is 0 Å². The molecule has 1 atom stereocenters. The van der Waals surface area contributed by atoms with Crippen LogP contribution in [0.25, 0.3) is 0 Å². The Balaban J connectivity index is 2.41. The molecule has 0 spiro atoms. The number of nitrogens with zero attached hydrogens (tertiary/aromatic N) is 1. The molecule has 1 saturated heterocycles. The largest absolute Gasteiger partial charge is 0.481 e. The lowest BCUT2D eigenvalue weighted by Gasteiger charge is -2.21. The van der Waals surface area contributed by atoms with Crippen molar-refractivity contribution in [2.24, 2.45) is 0 Å². The van der Waals surface area contributed by atoms with Crippen LogP contribution in [0.15, 0.2) is 0 Å². The molecular formula is C9H17NO5S. The third-order valence-electron chi connectivity index (χ3n) is 2.53. The van der Waals surface area contributed by atoms with Gasteiger partial charge in [0.2, 0.25) is 0 Å². The molecule has 2 N–H and O–H groups in total. The molecular weight excluding hydrogens is 234 g/mol. The van der Waals surface area contributed by atoms with Gasteiger partial charge in [-0.2, -0.15) is 0 Å². The van der Waals surface area contributed by atoms with Crippen LogP contribution in [0.4, 0.5) is 0 Å². The van der Waals surface area contributed by atoms with Crippen molar-refractivity contribution >= 4 is 15.8 Å². The molecule has 0 aromatic carbocycles. The number of sulfone groups is 1. The Morgan fingerprint density at radius 1 is 1.31 bits per heavy atom. The zero-order valence-electron chi connectivity index (χ0n) is 9.00. The highest BCUT2D eigenvalue weighted by Gasteiger charge is 2.21. The van der Waals surface area contributed by atoms with E-state index in [9.17, 15) is 18.3 Å². The highest BCUT2D eigenvalue weighted by atomic mass is 32.2. The van der Waals surface area contributed by atoms with Crippen LogP contribution in [0, 0.1) is 0 Å². The Morgan fingerprint density at radius 3 is 2.62 bits per heavy atom. The molecule has 1 aliphatic rings. The van der Waals surface area contributed by atoms with Gasteiger partial charge in [-0.3, -0.25) is 9.69 Å². The predicted molar refractivity (Wildman–Crippen MR) is 58.0 cm³/mol. The van der Waals surface area contributed by atoms with Crippen LogP contribution in [-0.4, -0.2) is 66.7 Å². The summed E-state index contributed by atoms with van der Waals surface area (Å²) < 4.78 is 22.6. The van der Waals surface area contributed by atoms with E-state index in [0.717, 1.165) is 0 Å². The Bertz CT molecular complexity index is 340. The average molecular weight is 251 g/mol. The normalized spacial score (nSPS) is 23.6. The van der Waals surface area contributed by atoms with E-state index >= 15 is 0 Å². The summed E-state index contributed by atoms with van der Waals surface area (Å²) in [7, 11) is -2.95. The summed E-state index contributed by atoms with van der Waals surface area (Å²) in [6.07, 6.45) is -0.691. The van der Waals surface area contributed by atoms with Gasteiger partial charge in [-0.25, -0.2) is 8.42 Å². The van der Waals surface area contributed by atoms with Gasteiger partial charge in [0.1, 0.15) is 0 Å². The van der Waals surface area contributed by atoms with Gasteiger partial charge in [0.15, 0.2) is 9.84 Å². The number of hydrogen-bond acceptors (Lipinski definition) is 5. The van der Waals surface area contributed by atoms with Crippen LogP contribution >= 0.6 is 0 Å². The summed E-state index contributed by atoms with van der Waals surface area (Å²) in [5, 5.41) is 17.9. The van der Waals surface area contributed by atoms with Crippen LogP contribution in [0.5, 0.6) is 0 Å². The molecule has 1 rings (SSSR count). The second kappa shape index (κ2) is 5.60. The first-order chi connectivity index (χ1) is 7.39. The molecule has 94 valence electrons. The van der Waals surface area contributed by atoms with Crippen LogP contribution in [0.2, 0.25) is 0 Å². The van der Waals surface area contributed by atoms with Crippen molar-refractivity contribution in [3.63, 3.8) is 0 Å². The lowest BCUT2D eigenvalue weighted by molar-refractivity contribution is -0.139. The molecule has 0 aromatic rings. The van der Waals surface area contributed by atoms with Gasteiger partial charge in [-0.15, -0.1) is 0 Å². The lowest BCUT2D eigenvalue weighted by Crippen LogP contribution is -2.35. The first-order valence-corrected chi connectivity index (χ1v) is 7.04. The predicted octanol–water partition coefficient (Wildman–Crippen LogP) is -1.06. The molecule has 0 aromatic heterocycles. The van der Waals surface area contributed by atoms with E-state index in [4.69, 9.17) is 5.11 Å². The number of carbonyl (C=O) groups is 1. The number of carboxylic acid groups (broad SMARTS) is 1. The molecule has 7 heteroatoms. The quantitative estimate of drug-likeness (QED) is 0.661. The molecule has 0 saturated carbocycles. The van der Waals surface area contributed by atoms with E-state index in [0.29, 0.717) is 19.5 Å². The molecule has 1 fully saturated rings. The van der Waals surface area contributed by atoms with Crippen LogP contribution in [-0.2, 0) is 14.6 Å². The monoisotopic (exact) mass is 251 g/mol. The first kappa shape index (κ1) is 13.4. The molecule has 0 amide bonds. The van der Waals surface area contributed by atoms with Gasteiger partial charge in [-0.05, 0) is 13.0 Å². The second-order valence-corrected chi connectivity index (χ2v) is 6.36. The number of aliphatic carboxylic acids is 1. The summed E-state index contributed by atoms with van der Waals surface area (Å²) >= 11 is 0. The molecule has 1 heterocycles. The number of β-amino-alcohol motifs (C(OH)–C–C–N with tert-alkyl or cyclic N) is 1. The maximum Gasteiger partial charge on any atom is 0.306 e. The smallest absolute Gasteiger partial charge is 0.306 e. The maximum absolute atomic E-state index is 11.3. The van der Waals surface area contributed by atoms with Crippen LogP contribution < -0.4 is 0 Å². The van der Waals surface area contributed by atoms with Crippen molar-refractivity contribution in [3.8, 4) is 0 Å². The summed E-state index contributed by atoms with van der Waals surface area (Å²) in [5.41, 5.74) is 0. The second-order valence-electron chi connectivity index (χ2n) is 4.06. The van der Waals surface area contributed by atoms with E-state index < -0.39 is 21.9 Å². The zero-order chi connectivity index (χ0) is 12.2. The van der Waals surface area contributed by atoms with Gasteiger partial charge in [0.05, 0.1) is 24.0 Å². The summed E-state index contributed by atoms with van der Waals surface area (Å²) in [5.74, 6) is -0.777. The van der Waals surface area contributed by atoms with Crippen LogP contribution in [0.3, 0.4) is 0 Å². The zero-order valence-corrected chi connectivity index (χ0v) is 9.82. The van der Waals surface area contributed by atoms with Crippen molar-refractivity contribution < 1.29 is 23.4 Å². The van der Waals surface area contributed by atoms with Gasteiger partial charge < -0.3 is 10.2 Å². The van der Waals surface area contributed by atoms with Crippen molar-refractivity contribution in [2.45, 2.75) is 18.9 Å². The Kier molecular flexibility index (Phi) is 4.69. The topological polar surface area (TPSA) is 94.9 Å². The van der Waals surface area contributed by atoms with Gasteiger partial charge in [-0.1, -0.05) is 0 Å². The molecule has 0 bridgehead atoms. The summed E-state index contributed by atoms with van der Waals surface area (Å²) in [6.45, 7) is 1.19. The highest BCUT2D eigenvalue weighted by molar-refractivity contribution is 7.91. The standard InChI is InChI=1S/C9H17NO5S/c11-8(6-9(12)13)7-10-2-1-4-16(14,15)5-3-10/h8,11H,1-7H2,(H,12,13). The van der Waals surface area contributed by atoms with Crippen molar-refractivity contribution in [2.75, 3.05) is 31.1 Å². The van der Waals surface area contributed by atoms with Crippen molar-refractivity contribution in [3.05, 3.63) is 0 Å². The molecule has 1 aliphatic heterocycles. The maximum atomic E-state index is 11.3. The molecule has 0 aliphatic carbocycles. The van der Waals surface area contributed by atoms with E-state index in [1.54, 1.807) is 4.90 Å². The molecule has 6 nitrogen and oxygen atoms in total. The van der Waals surface area contributed by atoms with Crippen molar-refractivity contribution in [1.29, 1.82) is 0 Å². The number of carboxylic acids is 1. The fourth-order valence-corrected chi connectivity index (χ4v) is 3.05. The average Bonchev–Trinajstić information content (AvgIpc) is 2.26. The van der Waals surface area contributed by atoms with Gasteiger partial charge >= 0.3 is 5.97 Å². The van der Waals surface area contributed by atoms with E-state index in [-0.39, 0.29) is 24.5 Å². The first-order valence-electron chi connectivity index (χ1n) is 5.22. The fraction of sp³-hybridized carbons (Fsp3) is 0.889. The van der Waals surface area contributed by atoms with E-state index in [1.807, 2.05) is 0 Å². The molecule has 0 radical (unpaired) electrons. The fourth-order valence-electron chi connectivity index (χ4n) is 1.74. The number of aliphatic hydroxyl groups excluding tert-OH is 1. The Morgan fingerprint density at radius 2 is 2.00 bits per heavy atom. The SMILES string of the molecule is O=C(O)CC(O)CN1CCCS(=O)(=O)CC1. The van der Waals surface area contributed by atoms with Crippen molar-refractivity contribution in [1.82, 2.24) is 4.90 Å². The third-order valence-corrected chi connectivity index (χ3v) is 4.24. The summed E-state index contributed by atoms with van der Waals surface area (Å²) in [6, 6.07) is 0. The molecule has 16 heavy (non-hydrogen) atoms. The highest BCUT2D eigenvalue weighted by Crippen LogP contribution is 2.06. The lowest BCUT2D eigenvalue weighted by atomic mass is 10.2. The Labute approximate surface area is 94.8 Å².